The maximum absolute atomic E-state index is 6.37. The van der Waals surface area contributed by atoms with Gasteiger partial charge in [-0.3, -0.25) is 4.57 Å². The summed E-state index contributed by atoms with van der Waals surface area (Å²) in [5, 5.41) is -0.143. The Balaban J connectivity index is 2.36. The summed E-state index contributed by atoms with van der Waals surface area (Å²) in [5.74, 6) is 0.889. The van der Waals surface area contributed by atoms with Gasteiger partial charge in [0.15, 0.2) is 0 Å². The molecule has 2 aromatic carbocycles. The third-order valence-electron chi connectivity index (χ3n) is 3.59. The van der Waals surface area contributed by atoms with E-state index in [9.17, 15) is 0 Å². The van der Waals surface area contributed by atoms with Gasteiger partial charge in [0.1, 0.15) is 5.82 Å². The number of hydrogen-bond acceptors (Lipinski definition) is 1. The van der Waals surface area contributed by atoms with Crippen LogP contribution in [0.5, 0.6) is 0 Å². The van der Waals surface area contributed by atoms with E-state index in [-0.39, 0.29) is 5.38 Å². The molecule has 1 aromatic heterocycles. The van der Waals surface area contributed by atoms with Crippen molar-refractivity contribution < 1.29 is 0 Å². The molecule has 1 unspecified atom stereocenters. The molecule has 1 atom stereocenters. The number of halogens is 2. The first kappa shape index (κ1) is 14.9. The van der Waals surface area contributed by atoms with Gasteiger partial charge in [0.2, 0.25) is 0 Å². The quantitative estimate of drug-likeness (QED) is 0.400. The second-order valence-corrected chi connectivity index (χ2v) is 7.24. The van der Waals surface area contributed by atoms with E-state index in [0.29, 0.717) is 0 Å². The number of rotatable bonds is 2. The van der Waals surface area contributed by atoms with Crippen molar-refractivity contribution in [3.05, 3.63) is 56.9 Å². The van der Waals surface area contributed by atoms with E-state index in [4.69, 9.17) is 16.6 Å². The summed E-state index contributed by atoms with van der Waals surface area (Å²) in [6.45, 7) is 6.20. The average Bonchev–Trinajstić information content (AvgIpc) is 2.77. The summed E-state index contributed by atoms with van der Waals surface area (Å²) in [7, 11) is 0. The minimum absolute atomic E-state index is 0.143. The van der Waals surface area contributed by atoms with Crippen LogP contribution in [0.25, 0.3) is 16.7 Å². The molecule has 0 fully saturated rings. The fourth-order valence-electron chi connectivity index (χ4n) is 2.65. The van der Waals surface area contributed by atoms with Crippen LogP contribution in [-0.2, 0) is 0 Å². The van der Waals surface area contributed by atoms with E-state index in [1.165, 1.54) is 14.7 Å². The second-order valence-electron chi connectivity index (χ2n) is 5.34. The van der Waals surface area contributed by atoms with Gasteiger partial charge in [-0.15, -0.1) is 11.6 Å². The second kappa shape index (κ2) is 5.61. The summed E-state index contributed by atoms with van der Waals surface area (Å²) in [6, 6.07) is 12.8. The van der Waals surface area contributed by atoms with Crippen molar-refractivity contribution in [3.63, 3.8) is 0 Å². The lowest BCUT2D eigenvalue weighted by Crippen LogP contribution is -2.04. The molecular formula is C17H16ClIN2. The molecule has 108 valence electrons. The minimum Gasteiger partial charge on any atom is -0.295 e. The zero-order valence-electron chi connectivity index (χ0n) is 12.2. The van der Waals surface area contributed by atoms with Crippen molar-refractivity contribution in [1.82, 2.24) is 9.55 Å². The molecule has 21 heavy (non-hydrogen) atoms. The number of alkyl halides is 1. The Morgan fingerprint density at radius 2 is 1.90 bits per heavy atom. The summed E-state index contributed by atoms with van der Waals surface area (Å²) < 4.78 is 3.36. The van der Waals surface area contributed by atoms with Crippen LogP contribution in [0.4, 0.5) is 0 Å². The molecule has 1 heterocycles. The van der Waals surface area contributed by atoms with E-state index in [1.54, 1.807) is 0 Å². The molecule has 0 N–H and O–H groups in total. The Bertz CT molecular complexity index is 821. The van der Waals surface area contributed by atoms with Gasteiger partial charge < -0.3 is 0 Å². The Kier molecular flexibility index (Phi) is 3.97. The SMILES string of the molecule is Cc1ccc(-n2c(C(C)Cl)nc3cc(I)ccc32)c(C)c1. The molecule has 0 saturated carbocycles. The fourth-order valence-corrected chi connectivity index (χ4v) is 3.27. The average molecular weight is 411 g/mol. The topological polar surface area (TPSA) is 17.8 Å². The summed E-state index contributed by atoms with van der Waals surface area (Å²) in [4.78, 5) is 4.74. The third kappa shape index (κ3) is 2.69. The Hall–Kier alpha value is -1.07. The lowest BCUT2D eigenvalue weighted by molar-refractivity contribution is 0.878. The van der Waals surface area contributed by atoms with Gasteiger partial charge in [-0.2, -0.15) is 0 Å². The summed E-state index contributed by atoms with van der Waals surface area (Å²) in [6.07, 6.45) is 0. The van der Waals surface area contributed by atoms with Crippen LogP contribution in [0.15, 0.2) is 36.4 Å². The van der Waals surface area contributed by atoms with E-state index < -0.39 is 0 Å². The molecule has 0 bridgehead atoms. The smallest absolute Gasteiger partial charge is 0.132 e. The predicted molar refractivity (Wildman–Crippen MR) is 97.5 cm³/mol. The van der Waals surface area contributed by atoms with E-state index in [1.807, 2.05) is 6.92 Å². The molecule has 0 spiro atoms. The maximum atomic E-state index is 6.37. The van der Waals surface area contributed by atoms with E-state index in [2.05, 4.69) is 77.4 Å². The van der Waals surface area contributed by atoms with E-state index in [0.717, 1.165) is 22.5 Å². The van der Waals surface area contributed by atoms with Crippen molar-refractivity contribution >= 4 is 45.2 Å². The lowest BCUT2D eigenvalue weighted by Gasteiger charge is -2.14. The van der Waals surface area contributed by atoms with Crippen LogP contribution in [-0.4, -0.2) is 9.55 Å². The highest BCUT2D eigenvalue weighted by Gasteiger charge is 2.17. The first-order valence-corrected chi connectivity index (χ1v) is 8.38. The Morgan fingerprint density at radius 1 is 1.14 bits per heavy atom. The standard InChI is InChI=1S/C17H16ClIN2/c1-10-4-6-15(11(2)8-10)21-16-7-5-13(19)9-14(16)20-17(21)12(3)18/h4-9,12H,1-3H3. The zero-order valence-corrected chi connectivity index (χ0v) is 15.1. The Labute approximate surface area is 143 Å². The van der Waals surface area contributed by atoms with Crippen LogP contribution >= 0.6 is 34.2 Å². The number of hydrogen-bond donors (Lipinski definition) is 0. The molecule has 0 aliphatic carbocycles. The lowest BCUT2D eigenvalue weighted by atomic mass is 10.1. The molecule has 2 nitrogen and oxygen atoms in total. The molecule has 0 saturated heterocycles. The van der Waals surface area contributed by atoms with Crippen molar-refractivity contribution in [2.45, 2.75) is 26.1 Å². The number of fused-ring (bicyclic) bond motifs is 1. The first-order valence-electron chi connectivity index (χ1n) is 6.87. The first-order chi connectivity index (χ1) is 9.97. The van der Waals surface area contributed by atoms with Crippen molar-refractivity contribution in [2.24, 2.45) is 0 Å². The highest BCUT2D eigenvalue weighted by molar-refractivity contribution is 14.1. The molecule has 3 rings (SSSR count). The van der Waals surface area contributed by atoms with E-state index >= 15 is 0 Å². The summed E-state index contributed by atoms with van der Waals surface area (Å²) >= 11 is 8.68. The molecule has 0 radical (unpaired) electrons. The maximum Gasteiger partial charge on any atom is 0.132 e. The number of nitrogens with zero attached hydrogens (tertiary/aromatic N) is 2. The Morgan fingerprint density at radius 3 is 2.57 bits per heavy atom. The van der Waals surface area contributed by atoms with Gasteiger partial charge in [0.05, 0.1) is 22.1 Å². The van der Waals surface area contributed by atoms with Crippen molar-refractivity contribution in [2.75, 3.05) is 0 Å². The molecule has 0 aliphatic rings. The monoisotopic (exact) mass is 410 g/mol. The molecule has 0 amide bonds. The van der Waals surface area contributed by atoms with Crippen LogP contribution in [0, 0.1) is 17.4 Å². The van der Waals surface area contributed by atoms with Crippen LogP contribution in [0.1, 0.15) is 29.3 Å². The van der Waals surface area contributed by atoms with Gasteiger partial charge in [-0.1, -0.05) is 17.7 Å². The van der Waals surface area contributed by atoms with Gasteiger partial charge in [0, 0.05) is 3.57 Å². The van der Waals surface area contributed by atoms with Crippen molar-refractivity contribution in [1.29, 1.82) is 0 Å². The molecule has 0 aliphatic heterocycles. The number of aryl methyl sites for hydroxylation is 2. The van der Waals surface area contributed by atoms with Crippen LogP contribution < -0.4 is 0 Å². The van der Waals surface area contributed by atoms with Crippen LogP contribution in [0.3, 0.4) is 0 Å². The largest absolute Gasteiger partial charge is 0.295 e. The summed E-state index contributed by atoms with van der Waals surface area (Å²) in [5.41, 5.74) is 5.73. The third-order valence-corrected chi connectivity index (χ3v) is 4.46. The number of aromatic nitrogens is 2. The number of benzene rings is 2. The van der Waals surface area contributed by atoms with Crippen molar-refractivity contribution in [3.8, 4) is 5.69 Å². The number of imidazole rings is 1. The molecular weight excluding hydrogens is 395 g/mol. The van der Waals surface area contributed by atoms with Gasteiger partial charge >= 0.3 is 0 Å². The van der Waals surface area contributed by atoms with Crippen LogP contribution in [0.2, 0.25) is 0 Å². The fraction of sp³-hybridized carbons (Fsp3) is 0.235. The van der Waals surface area contributed by atoms with Gasteiger partial charge in [-0.25, -0.2) is 4.98 Å². The van der Waals surface area contributed by atoms with Gasteiger partial charge in [-0.05, 0) is 73.2 Å². The molecule has 3 aromatic rings. The minimum atomic E-state index is -0.143. The van der Waals surface area contributed by atoms with Gasteiger partial charge in [0.25, 0.3) is 0 Å². The normalized spacial score (nSPS) is 12.8. The highest BCUT2D eigenvalue weighted by atomic mass is 127. The predicted octanol–water partition coefficient (Wildman–Crippen LogP) is 5.55. The highest BCUT2D eigenvalue weighted by Crippen LogP contribution is 2.30. The zero-order chi connectivity index (χ0) is 15.1. The molecule has 4 heteroatoms.